The Morgan fingerprint density at radius 3 is 2.68 bits per heavy atom. The Hall–Kier alpha value is -3.68. The summed E-state index contributed by atoms with van der Waals surface area (Å²) >= 11 is 0. The number of anilines is 4. The van der Waals surface area contributed by atoms with E-state index in [1.807, 2.05) is 24.3 Å². The number of carbonyl (C=O) groups excluding carboxylic acids is 1. The van der Waals surface area contributed by atoms with Crippen molar-refractivity contribution in [2.75, 3.05) is 17.2 Å². The van der Waals surface area contributed by atoms with Gasteiger partial charge in [-0.3, -0.25) is 4.79 Å². The first-order valence-electron chi connectivity index (χ1n) is 13.8. The quantitative estimate of drug-likeness (QED) is 0.346. The molecule has 0 radical (unpaired) electrons. The number of hydrogen-bond acceptors (Lipinski definition) is 7. The molecular weight excluding hydrogens is 476 g/mol. The lowest BCUT2D eigenvalue weighted by Gasteiger charge is -2.43. The van der Waals surface area contributed by atoms with Crippen LogP contribution in [0.4, 0.5) is 23.3 Å². The van der Waals surface area contributed by atoms with E-state index in [9.17, 15) is 4.79 Å². The molecule has 0 bridgehead atoms. The van der Waals surface area contributed by atoms with Crippen molar-refractivity contribution >= 4 is 29.2 Å². The van der Waals surface area contributed by atoms with Crippen molar-refractivity contribution in [3.63, 3.8) is 0 Å². The van der Waals surface area contributed by atoms with Crippen LogP contribution >= 0.6 is 0 Å². The summed E-state index contributed by atoms with van der Waals surface area (Å²) in [6.07, 6.45) is 13.1. The Balaban J connectivity index is 1.45. The molecule has 200 valence electrons. The zero-order valence-corrected chi connectivity index (χ0v) is 22.4. The Bertz CT molecular complexity index is 1270. The van der Waals surface area contributed by atoms with Crippen molar-refractivity contribution in [2.45, 2.75) is 71.1 Å². The van der Waals surface area contributed by atoms with E-state index in [-0.39, 0.29) is 11.0 Å². The number of primary amides is 1. The van der Waals surface area contributed by atoms with Crippen molar-refractivity contribution in [3.05, 3.63) is 59.9 Å². The van der Waals surface area contributed by atoms with Crippen molar-refractivity contribution in [2.24, 2.45) is 17.1 Å². The van der Waals surface area contributed by atoms with E-state index >= 15 is 0 Å². The van der Waals surface area contributed by atoms with Crippen LogP contribution in [0.5, 0.6) is 5.75 Å². The van der Waals surface area contributed by atoms with E-state index in [1.54, 1.807) is 6.20 Å². The molecule has 1 aliphatic heterocycles. The van der Waals surface area contributed by atoms with Crippen LogP contribution in [0, 0.1) is 11.3 Å². The lowest BCUT2D eigenvalue weighted by atomic mass is 9.67. The molecule has 1 fully saturated rings. The molecule has 2 aromatic heterocycles. The summed E-state index contributed by atoms with van der Waals surface area (Å²) in [5, 5.41) is 6.42. The first kappa shape index (κ1) is 25.9. The van der Waals surface area contributed by atoms with Gasteiger partial charge in [0, 0.05) is 23.4 Å². The Morgan fingerprint density at radius 1 is 1.03 bits per heavy atom. The van der Waals surface area contributed by atoms with E-state index in [0.717, 1.165) is 23.8 Å². The maximum absolute atomic E-state index is 12.2. The number of para-hydroxylation sites is 1. The number of aromatic nitrogens is 3. The van der Waals surface area contributed by atoms with Gasteiger partial charge >= 0.3 is 0 Å². The van der Waals surface area contributed by atoms with Crippen LogP contribution in [-0.2, 0) is 0 Å². The zero-order chi connectivity index (χ0) is 26.5. The SMILES string of the molecule is CC1CCCCCC2c3cccc(Nc4nc(Nc5ccccn5)ncc4C(N)=O)c3OCC2(C)CCC1. The van der Waals surface area contributed by atoms with Gasteiger partial charge in [0.15, 0.2) is 0 Å². The Labute approximate surface area is 224 Å². The maximum Gasteiger partial charge on any atom is 0.254 e. The monoisotopic (exact) mass is 514 g/mol. The number of amides is 1. The second-order valence-electron chi connectivity index (χ2n) is 11.1. The normalized spacial score (nSPS) is 23.6. The molecule has 3 heterocycles. The minimum atomic E-state index is -0.604. The predicted molar refractivity (Wildman–Crippen MR) is 150 cm³/mol. The lowest BCUT2D eigenvalue weighted by Crippen LogP contribution is -2.37. The fourth-order valence-corrected chi connectivity index (χ4v) is 5.97. The van der Waals surface area contributed by atoms with E-state index in [2.05, 4.69) is 51.6 Å². The molecule has 3 unspecified atom stereocenters. The number of fused-ring (bicyclic) bond motifs is 3. The fourth-order valence-electron chi connectivity index (χ4n) is 5.97. The van der Waals surface area contributed by atoms with Crippen LogP contribution < -0.4 is 21.1 Å². The van der Waals surface area contributed by atoms with Crippen LogP contribution in [-0.4, -0.2) is 27.5 Å². The van der Waals surface area contributed by atoms with Gasteiger partial charge in [-0.2, -0.15) is 4.98 Å². The van der Waals surface area contributed by atoms with Gasteiger partial charge in [0.1, 0.15) is 22.9 Å². The highest BCUT2D eigenvalue weighted by molar-refractivity contribution is 5.98. The van der Waals surface area contributed by atoms with Crippen molar-refractivity contribution < 1.29 is 9.53 Å². The van der Waals surface area contributed by atoms with E-state index in [1.165, 1.54) is 56.7 Å². The van der Waals surface area contributed by atoms with E-state index in [0.29, 0.717) is 30.1 Å². The van der Waals surface area contributed by atoms with E-state index in [4.69, 9.17) is 10.5 Å². The van der Waals surface area contributed by atoms with Gasteiger partial charge in [-0.1, -0.05) is 70.6 Å². The number of benzene rings is 1. The largest absolute Gasteiger partial charge is 0.491 e. The minimum Gasteiger partial charge on any atom is -0.491 e. The third kappa shape index (κ3) is 5.74. The predicted octanol–water partition coefficient (Wildman–Crippen LogP) is 6.71. The summed E-state index contributed by atoms with van der Waals surface area (Å²) in [5.41, 5.74) is 7.99. The molecule has 8 heteroatoms. The van der Waals surface area contributed by atoms with Crippen molar-refractivity contribution in [1.29, 1.82) is 0 Å². The van der Waals surface area contributed by atoms with E-state index < -0.39 is 5.91 Å². The molecule has 3 atom stereocenters. The molecule has 0 spiro atoms. The number of pyridine rings is 1. The molecule has 38 heavy (non-hydrogen) atoms. The maximum atomic E-state index is 12.2. The van der Waals surface area contributed by atoms with Crippen LogP contribution in [0.1, 0.15) is 87.1 Å². The van der Waals surface area contributed by atoms with Gasteiger partial charge in [0.05, 0.1) is 12.3 Å². The smallest absolute Gasteiger partial charge is 0.254 e. The fraction of sp³-hybridized carbons (Fsp3) is 0.467. The molecule has 3 aromatic rings. The third-order valence-corrected chi connectivity index (χ3v) is 8.15. The summed E-state index contributed by atoms with van der Waals surface area (Å²) in [5.74, 6) is 2.70. The lowest BCUT2D eigenvalue weighted by molar-refractivity contribution is 0.0855. The zero-order valence-electron chi connectivity index (χ0n) is 22.4. The minimum absolute atomic E-state index is 0.1000. The van der Waals surface area contributed by atoms with Crippen LogP contribution in [0.25, 0.3) is 0 Å². The van der Waals surface area contributed by atoms with Gasteiger partial charge in [-0.15, -0.1) is 0 Å². The second kappa shape index (κ2) is 11.4. The number of nitrogens with two attached hydrogens (primary N) is 1. The highest BCUT2D eigenvalue weighted by Gasteiger charge is 2.41. The number of rotatable bonds is 5. The summed E-state index contributed by atoms with van der Waals surface area (Å²) in [6.45, 7) is 5.47. The number of hydrogen-bond donors (Lipinski definition) is 3. The molecule has 1 aliphatic carbocycles. The highest BCUT2D eigenvalue weighted by Crippen LogP contribution is 2.52. The van der Waals surface area contributed by atoms with Crippen LogP contribution in [0.2, 0.25) is 0 Å². The molecular formula is C30H38N6O2. The summed E-state index contributed by atoms with van der Waals surface area (Å²) in [4.78, 5) is 25.3. The molecule has 1 saturated carbocycles. The van der Waals surface area contributed by atoms with Crippen molar-refractivity contribution in [3.8, 4) is 5.75 Å². The highest BCUT2D eigenvalue weighted by atomic mass is 16.5. The van der Waals surface area contributed by atoms with Crippen LogP contribution in [0.3, 0.4) is 0 Å². The average Bonchev–Trinajstić information content (AvgIpc) is 2.93. The number of ether oxygens (including phenoxy) is 1. The van der Waals surface area contributed by atoms with Gasteiger partial charge in [0.25, 0.3) is 5.91 Å². The third-order valence-electron chi connectivity index (χ3n) is 8.15. The van der Waals surface area contributed by atoms with Crippen molar-refractivity contribution in [1.82, 2.24) is 15.0 Å². The Kier molecular flexibility index (Phi) is 7.77. The molecule has 8 nitrogen and oxygen atoms in total. The molecule has 4 N–H and O–H groups in total. The molecule has 5 rings (SSSR count). The summed E-state index contributed by atoms with van der Waals surface area (Å²) in [6, 6.07) is 11.7. The molecule has 1 aromatic carbocycles. The molecule has 2 aliphatic rings. The first-order valence-corrected chi connectivity index (χ1v) is 13.8. The molecule has 1 amide bonds. The topological polar surface area (TPSA) is 115 Å². The van der Waals surface area contributed by atoms with Gasteiger partial charge in [-0.25, -0.2) is 9.97 Å². The average molecular weight is 515 g/mol. The second-order valence-corrected chi connectivity index (χ2v) is 11.1. The number of nitrogens with one attached hydrogen (secondary N) is 2. The summed E-state index contributed by atoms with van der Waals surface area (Å²) in [7, 11) is 0. The van der Waals surface area contributed by atoms with Gasteiger partial charge in [-0.05, 0) is 42.9 Å². The first-order chi connectivity index (χ1) is 18.4. The molecule has 0 saturated heterocycles. The number of carbonyl (C=O) groups is 1. The standard InChI is InChI=1S/C30H38N6O2/c1-20-10-4-3-5-13-23-21-12-8-14-24(26(21)38-19-30(23,2)16-9-11-20)34-28-22(27(31)37)18-33-29(36-28)35-25-15-6-7-17-32-25/h6-8,12,14-15,17-18,20,23H,3-5,9-11,13,16,19H2,1-2H3,(H2,31,37)(H2,32,33,34,35,36). The summed E-state index contributed by atoms with van der Waals surface area (Å²) < 4.78 is 6.50. The van der Waals surface area contributed by atoms with Crippen LogP contribution in [0.15, 0.2) is 48.8 Å². The number of nitrogens with zero attached hydrogens (tertiary/aromatic N) is 3. The van der Waals surface area contributed by atoms with Gasteiger partial charge < -0.3 is 21.1 Å². The van der Waals surface area contributed by atoms with Gasteiger partial charge in [0.2, 0.25) is 5.95 Å². The Morgan fingerprint density at radius 2 is 1.87 bits per heavy atom.